The van der Waals surface area contributed by atoms with Gasteiger partial charge in [-0.3, -0.25) is 4.79 Å². The fourth-order valence-corrected chi connectivity index (χ4v) is 4.18. The molecule has 0 radical (unpaired) electrons. The number of carbonyl (C=O) groups is 1. The number of halogens is 3. The summed E-state index contributed by atoms with van der Waals surface area (Å²) in [7, 11) is 0. The lowest BCUT2D eigenvalue weighted by Crippen LogP contribution is -1.97. The van der Waals surface area contributed by atoms with Crippen LogP contribution in [0.3, 0.4) is 0 Å². The van der Waals surface area contributed by atoms with Gasteiger partial charge < -0.3 is 4.98 Å². The first-order valence-electron chi connectivity index (χ1n) is 5.33. The van der Waals surface area contributed by atoms with Crippen LogP contribution in [0.25, 0.3) is 10.9 Å². The molecule has 6 heteroatoms. The molecule has 0 saturated heterocycles. The highest BCUT2D eigenvalue weighted by Crippen LogP contribution is 2.35. The van der Waals surface area contributed by atoms with Gasteiger partial charge in [-0.15, -0.1) is 11.3 Å². The fourth-order valence-electron chi connectivity index (χ4n) is 1.91. The van der Waals surface area contributed by atoms with Crippen LogP contribution < -0.4 is 0 Å². The van der Waals surface area contributed by atoms with E-state index in [0.717, 1.165) is 19.2 Å². The van der Waals surface area contributed by atoms with E-state index in [1.54, 1.807) is 12.3 Å². The summed E-state index contributed by atoms with van der Waals surface area (Å²) in [5, 5.41) is 1.35. The summed E-state index contributed by atoms with van der Waals surface area (Å²) < 4.78 is 1.79. The monoisotopic (exact) mass is 417 g/mol. The van der Waals surface area contributed by atoms with E-state index < -0.39 is 0 Å². The highest BCUT2D eigenvalue weighted by Gasteiger charge is 2.19. The van der Waals surface area contributed by atoms with Crippen molar-refractivity contribution >= 4 is 71.5 Å². The van der Waals surface area contributed by atoms with Crippen LogP contribution >= 0.6 is 54.8 Å². The van der Waals surface area contributed by atoms with Crippen LogP contribution in [0.2, 0.25) is 5.02 Å². The molecular weight excluding hydrogens is 413 g/mol. The lowest BCUT2D eigenvalue weighted by Gasteiger charge is -1.98. The number of hydrogen-bond acceptors (Lipinski definition) is 2. The average Bonchev–Trinajstić information content (AvgIpc) is 2.94. The molecule has 0 fully saturated rings. The molecule has 2 heterocycles. The molecule has 0 saturated carbocycles. The molecule has 1 aromatic carbocycles. The van der Waals surface area contributed by atoms with Gasteiger partial charge in [0, 0.05) is 21.6 Å². The summed E-state index contributed by atoms with van der Waals surface area (Å²) in [6.45, 7) is 0. The Morgan fingerprint density at radius 2 is 2.11 bits per heavy atom. The molecular formula is C13H6Br2ClNOS. The molecule has 0 bridgehead atoms. The third-order valence-corrected chi connectivity index (χ3v) is 6.34. The average molecular weight is 420 g/mol. The Kier molecular flexibility index (Phi) is 3.55. The molecule has 0 atom stereocenters. The van der Waals surface area contributed by atoms with E-state index in [4.69, 9.17) is 11.6 Å². The van der Waals surface area contributed by atoms with Crippen LogP contribution in [0.15, 0.2) is 38.7 Å². The summed E-state index contributed by atoms with van der Waals surface area (Å²) in [6, 6.07) is 7.35. The van der Waals surface area contributed by atoms with Crippen LogP contribution in [0.1, 0.15) is 15.2 Å². The highest BCUT2D eigenvalue weighted by atomic mass is 79.9. The van der Waals surface area contributed by atoms with Gasteiger partial charge in [-0.1, -0.05) is 17.7 Å². The van der Waals surface area contributed by atoms with Gasteiger partial charge in [0.05, 0.1) is 19.2 Å². The van der Waals surface area contributed by atoms with Crippen molar-refractivity contribution in [2.75, 3.05) is 0 Å². The lowest BCUT2D eigenvalue weighted by molar-refractivity contribution is 0.104. The predicted molar refractivity (Wildman–Crippen MR) is 86.5 cm³/mol. The zero-order valence-electron chi connectivity index (χ0n) is 9.34. The number of rotatable bonds is 2. The second-order valence-electron chi connectivity index (χ2n) is 3.93. The molecule has 0 unspecified atom stereocenters. The van der Waals surface area contributed by atoms with Gasteiger partial charge in [-0.05, 0) is 50.1 Å². The normalized spacial score (nSPS) is 11.1. The van der Waals surface area contributed by atoms with Crippen LogP contribution in [0.5, 0.6) is 0 Å². The Balaban J connectivity index is 2.17. The maximum absolute atomic E-state index is 12.5. The summed E-state index contributed by atoms with van der Waals surface area (Å²) in [6.07, 6.45) is 1.71. The molecule has 3 aromatic rings. The molecule has 3 rings (SSSR count). The quantitative estimate of drug-likeness (QED) is 0.536. The van der Waals surface area contributed by atoms with Crippen molar-refractivity contribution in [3.05, 3.63) is 54.2 Å². The number of benzene rings is 1. The van der Waals surface area contributed by atoms with Crippen molar-refractivity contribution in [2.24, 2.45) is 0 Å². The van der Waals surface area contributed by atoms with Crippen molar-refractivity contribution in [3.63, 3.8) is 0 Å². The number of fused-ring (bicyclic) bond motifs is 1. The summed E-state index contributed by atoms with van der Waals surface area (Å²) >= 11 is 14.4. The van der Waals surface area contributed by atoms with Gasteiger partial charge in [-0.2, -0.15) is 0 Å². The number of ketones is 1. The largest absolute Gasteiger partial charge is 0.360 e. The molecule has 2 aromatic heterocycles. The standard InChI is InChI=1S/C13H6Br2ClNOS/c14-7-4-10(19-13(7)15)12(18)6-5-17-9-3-1-2-8(16)11(6)9/h1-5,17H. The zero-order valence-corrected chi connectivity index (χ0v) is 14.1. The Hall–Kier alpha value is -0.620. The Bertz CT molecular complexity index is 774. The number of aromatic nitrogens is 1. The van der Waals surface area contributed by atoms with Gasteiger partial charge >= 0.3 is 0 Å². The first kappa shape index (κ1) is 13.4. The van der Waals surface area contributed by atoms with Crippen LogP contribution in [-0.2, 0) is 0 Å². The van der Waals surface area contributed by atoms with Gasteiger partial charge in [0.2, 0.25) is 5.78 Å². The van der Waals surface area contributed by atoms with E-state index in [9.17, 15) is 4.79 Å². The molecule has 96 valence electrons. The minimum Gasteiger partial charge on any atom is -0.360 e. The third kappa shape index (κ3) is 2.29. The fraction of sp³-hybridized carbons (Fsp3) is 0. The first-order valence-corrected chi connectivity index (χ1v) is 8.11. The maximum Gasteiger partial charge on any atom is 0.205 e. The van der Waals surface area contributed by atoms with Crippen molar-refractivity contribution in [2.45, 2.75) is 0 Å². The summed E-state index contributed by atoms with van der Waals surface area (Å²) in [5.41, 5.74) is 1.47. The van der Waals surface area contributed by atoms with Gasteiger partial charge in [0.1, 0.15) is 0 Å². The van der Waals surface area contributed by atoms with E-state index in [-0.39, 0.29) is 5.78 Å². The van der Waals surface area contributed by atoms with Gasteiger partial charge in [-0.25, -0.2) is 0 Å². The Morgan fingerprint density at radius 1 is 1.32 bits per heavy atom. The number of thiophene rings is 1. The molecule has 2 nitrogen and oxygen atoms in total. The molecule has 0 aliphatic rings. The Labute approximate surface area is 135 Å². The predicted octanol–water partition coefficient (Wildman–Crippen LogP) is 5.64. The number of H-pyrrole nitrogens is 1. The summed E-state index contributed by atoms with van der Waals surface area (Å²) in [4.78, 5) is 16.3. The van der Waals surface area contributed by atoms with E-state index in [2.05, 4.69) is 36.8 Å². The van der Waals surface area contributed by atoms with E-state index in [0.29, 0.717) is 15.5 Å². The smallest absolute Gasteiger partial charge is 0.205 e. The molecule has 0 aliphatic carbocycles. The zero-order chi connectivity index (χ0) is 13.6. The van der Waals surface area contributed by atoms with Crippen molar-refractivity contribution < 1.29 is 4.79 Å². The molecule has 19 heavy (non-hydrogen) atoms. The van der Waals surface area contributed by atoms with Gasteiger partial charge in [0.15, 0.2) is 0 Å². The summed E-state index contributed by atoms with van der Waals surface area (Å²) in [5.74, 6) is -0.0317. The van der Waals surface area contributed by atoms with E-state index >= 15 is 0 Å². The number of carbonyl (C=O) groups excluding carboxylic acids is 1. The van der Waals surface area contributed by atoms with Crippen LogP contribution in [-0.4, -0.2) is 10.8 Å². The minimum absolute atomic E-state index is 0.0317. The highest BCUT2D eigenvalue weighted by molar-refractivity contribution is 9.13. The molecule has 0 amide bonds. The topological polar surface area (TPSA) is 32.9 Å². The molecule has 1 N–H and O–H groups in total. The molecule has 0 spiro atoms. The van der Waals surface area contributed by atoms with Crippen molar-refractivity contribution in [3.8, 4) is 0 Å². The SMILES string of the molecule is O=C(c1cc(Br)c(Br)s1)c1c[nH]c2cccc(Cl)c12. The van der Waals surface area contributed by atoms with Crippen molar-refractivity contribution in [1.29, 1.82) is 0 Å². The maximum atomic E-state index is 12.5. The van der Waals surface area contributed by atoms with E-state index in [1.165, 1.54) is 11.3 Å². The molecule has 0 aliphatic heterocycles. The number of aromatic amines is 1. The van der Waals surface area contributed by atoms with Gasteiger partial charge in [0.25, 0.3) is 0 Å². The van der Waals surface area contributed by atoms with Crippen LogP contribution in [0.4, 0.5) is 0 Å². The Morgan fingerprint density at radius 3 is 2.79 bits per heavy atom. The minimum atomic E-state index is -0.0317. The second kappa shape index (κ2) is 5.05. The number of hydrogen-bond donors (Lipinski definition) is 1. The van der Waals surface area contributed by atoms with Crippen molar-refractivity contribution in [1.82, 2.24) is 4.98 Å². The number of nitrogens with one attached hydrogen (secondary N) is 1. The third-order valence-electron chi connectivity index (χ3n) is 2.77. The first-order chi connectivity index (χ1) is 9.08. The van der Waals surface area contributed by atoms with Crippen LogP contribution in [0, 0.1) is 0 Å². The lowest BCUT2D eigenvalue weighted by atomic mass is 10.1. The second-order valence-corrected chi connectivity index (χ2v) is 7.56. The van der Waals surface area contributed by atoms with E-state index in [1.807, 2.05) is 18.2 Å².